The summed E-state index contributed by atoms with van der Waals surface area (Å²) in [6.07, 6.45) is 3.33. The van der Waals surface area contributed by atoms with Crippen LogP contribution < -0.4 is 4.72 Å². The number of halogens is 1. The molecular weight excluding hydrogens is 274 g/mol. The number of hydrogen-bond acceptors (Lipinski definition) is 3. The molecule has 18 heavy (non-hydrogen) atoms. The van der Waals surface area contributed by atoms with E-state index >= 15 is 0 Å². The highest BCUT2D eigenvalue weighted by atomic mass is 35.5. The van der Waals surface area contributed by atoms with Crippen LogP contribution in [0.5, 0.6) is 0 Å². The van der Waals surface area contributed by atoms with Gasteiger partial charge >= 0.3 is 0 Å². The van der Waals surface area contributed by atoms with E-state index in [0.717, 1.165) is 12.0 Å². The highest BCUT2D eigenvalue weighted by Gasteiger charge is 2.15. The van der Waals surface area contributed by atoms with Crippen LogP contribution in [0.3, 0.4) is 0 Å². The van der Waals surface area contributed by atoms with Crippen LogP contribution in [0.4, 0.5) is 5.69 Å². The molecule has 0 saturated carbocycles. The molecule has 0 amide bonds. The van der Waals surface area contributed by atoms with Gasteiger partial charge in [-0.15, -0.1) is 11.6 Å². The van der Waals surface area contributed by atoms with Gasteiger partial charge in [-0.05, 0) is 24.1 Å². The Morgan fingerprint density at radius 1 is 1.28 bits per heavy atom. The fourth-order valence-electron chi connectivity index (χ4n) is 1.45. The molecule has 2 N–H and O–H groups in total. The standard InChI is InChI=1S/C11H12ClN3O2S/c12-6-5-9-1-3-10(4-2-9)15-18(16,17)11-7-13-8-14-11/h1-4,7-8,15H,5-6H2,(H,13,14). The van der Waals surface area contributed by atoms with E-state index in [2.05, 4.69) is 14.7 Å². The lowest BCUT2D eigenvalue weighted by Crippen LogP contribution is -2.13. The lowest BCUT2D eigenvalue weighted by Gasteiger charge is -2.06. The van der Waals surface area contributed by atoms with Crippen molar-refractivity contribution < 1.29 is 8.42 Å². The van der Waals surface area contributed by atoms with Crippen molar-refractivity contribution in [1.82, 2.24) is 9.97 Å². The topological polar surface area (TPSA) is 74.8 Å². The summed E-state index contributed by atoms with van der Waals surface area (Å²) in [4.78, 5) is 6.23. The third-order valence-corrected chi connectivity index (χ3v) is 3.85. The number of nitrogens with zero attached hydrogens (tertiary/aromatic N) is 1. The molecule has 1 aromatic heterocycles. The zero-order valence-electron chi connectivity index (χ0n) is 9.43. The normalized spacial score (nSPS) is 11.4. The smallest absolute Gasteiger partial charge is 0.278 e. The van der Waals surface area contributed by atoms with E-state index in [1.807, 2.05) is 12.1 Å². The molecule has 7 heteroatoms. The molecule has 2 aromatic rings. The van der Waals surface area contributed by atoms with Crippen molar-refractivity contribution in [3.05, 3.63) is 42.4 Å². The molecule has 0 aliphatic rings. The van der Waals surface area contributed by atoms with E-state index in [-0.39, 0.29) is 5.03 Å². The Kier molecular flexibility index (Phi) is 3.88. The second-order valence-electron chi connectivity index (χ2n) is 3.66. The number of benzene rings is 1. The van der Waals surface area contributed by atoms with Crippen molar-refractivity contribution in [3.8, 4) is 0 Å². The SMILES string of the molecule is O=S(=O)(Nc1ccc(CCCl)cc1)c1cnc[nH]1. The number of hydrogen-bond donors (Lipinski definition) is 2. The van der Waals surface area contributed by atoms with Gasteiger partial charge in [-0.2, -0.15) is 8.42 Å². The van der Waals surface area contributed by atoms with Gasteiger partial charge in [-0.3, -0.25) is 4.72 Å². The maximum Gasteiger partial charge on any atom is 0.278 e. The first-order chi connectivity index (χ1) is 8.62. The van der Waals surface area contributed by atoms with Gasteiger partial charge in [-0.1, -0.05) is 12.1 Å². The summed E-state index contributed by atoms with van der Waals surface area (Å²) in [5.74, 6) is 0.541. The first-order valence-electron chi connectivity index (χ1n) is 5.28. The van der Waals surface area contributed by atoms with Crippen LogP contribution >= 0.6 is 11.6 Å². The van der Waals surface area contributed by atoms with Crippen LogP contribution in [0.25, 0.3) is 0 Å². The van der Waals surface area contributed by atoms with Crippen LogP contribution in [-0.2, 0) is 16.4 Å². The predicted molar refractivity (Wildman–Crippen MR) is 70.3 cm³/mol. The van der Waals surface area contributed by atoms with E-state index in [0.29, 0.717) is 11.6 Å². The molecule has 0 radical (unpaired) electrons. The van der Waals surface area contributed by atoms with Crippen molar-refractivity contribution in [2.24, 2.45) is 0 Å². The van der Waals surface area contributed by atoms with Crippen molar-refractivity contribution >= 4 is 27.3 Å². The lowest BCUT2D eigenvalue weighted by atomic mass is 10.2. The molecule has 0 fully saturated rings. The molecule has 5 nitrogen and oxygen atoms in total. The monoisotopic (exact) mass is 285 g/mol. The van der Waals surface area contributed by atoms with Gasteiger partial charge in [0.1, 0.15) is 0 Å². The van der Waals surface area contributed by atoms with Crippen LogP contribution in [0.2, 0.25) is 0 Å². The number of anilines is 1. The second-order valence-corrected chi connectivity index (χ2v) is 5.69. The number of aryl methyl sites for hydroxylation is 1. The van der Waals surface area contributed by atoms with Crippen molar-refractivity contribution in [2.45, 2.75) is 11.4 Å². The molecule has 0 aliphatic carbocycles. The van der Waals surface area contributed by atoms with Gasteiger partial charge in [-0.25, -0.2) is 4.98 Å². The zero-order chi connectivity index (χ0) is 13.0. The largest absolute Gasteiger partial charge is 0.334 e. The Hall–Kier alpha value is -1.53. The Morgan fingerprint density at radius 3 is 2.56 bits per heavy atom. The number of sulfonamides is 1. The van der Waals surface area contributed by atoms with E-state index in [4.69, 9.17) is 11.6 Å². The molecule has 0 saturated heterocycles. The fourth-order valence-corrected chi connectivity index (χ4v) is 2.63. The third kappa shape index (κ3) is 3.02. The minimum atomic E-state index is -3.59. The third-order valence-electron chi connectivity index (χ3n) is 2.35. The van der Waals surface area contributed by atoms with Gasteiger partial charge in [0.15, 0.2) is 5.03 Å². The Bertz CT molecular complexity index is 594. The number of rotatable bonds is 5. The van der Waals surface area contributed by atoms with Crippen molar-refractivity contribution in [3.63, 3.8) is 0 Å². The molecule has 0 bridgehead atoms. The maximum atomic E-state index is 11.9. The highest BCUT2D eigenvalue weighted by molar-refractivity contribution is 7.92. The van der Waals surface area contributed by atoms with E-state index in [1.165, 1.54) is 12.5 Å². The van der Waals surface area contributed by atoms with Gasteiger partial charge in [0.25, 0.3) is 10.0 Å². The molecule has 1 aromatic carbocycles. The number of aromatic amines is 1. The minimum absolute atomic E-state index is 0.0346. The van der Waals surface area contributed by atoms with E-state index in [9.17, 15) is 8.42 Å². The van der Waals surface area contributed by atoms with Gasteiger partial charge in [0.05, 0.1) is 12.5 Å². The van der Waals surface area contributed by atoms with Crippen molar-refractivity contribution in [1.29, 1.82) is 0 Å². The number of imidazole rings is 1. The number of aromatic nitrogens is 2. The highest BCUT2D eigenvalue weighted by Crippen LogP contribution is 2.15. The van der Waals surface area contributed by atoms with Crippen molar-refractivity contribution in [2.75, 3.05) is 10.6 Å². The minimum Gasteiger partial charge on any atom is -0.334 e. The quantitative estimate of drug-likeness (QED) is 0.825. The summed E-state index contributed by atoms with van der Waals surface area (Å²) in [5.41, 5.74) is 1.57. The van der Waals surface area contributed by atoms with E-state index in [1.54, 1.807) is 12.1 Å². The molecule has 0 unspecified atom stereocenters. The van der Waals surface area contributed by atoms with E-state index < -0.39 is 10.0 Å². The Morgan fingerprint density at radius 2 is 2.00 bits per heavy atom. The number of nitrogens with one attached hydrogen (secondary N) is 2. The summed E-state index contributed by atoms with van der Waals surface area (Å²) in [6, 6.07) is 7.09. The molecule has 0 atom stereocenters. The van der Waals surface area contributed by atoms with Gasteiger partial charge in [0, 0.05) is 11.6 Å². The average molecular weight is 286 g/mol. The van der Waals surface area contributed by atoms with Crippen LogP contribution in [0.1, 0.15) is 5.56 Å². The molecule has 1 heterocycles. The summed E-state index contributed by atoms with van der Waals surface area (Å²) in [5, 5.41) is 0.0346. The van der Waals surface area contributed by atoms with Gasteiger partial charge in [0.2, 0.25) is 0 Å². The molecule has 2 rings (SSSR count). The summed E-state index contributed by atoms with van der Waals surface area (Å²) >= 11 is 5.63. The maximum absolute atomic E-state index is 11.9. The molecule has 0 aliphatic heterocycles. The summed E-state index contributed by atoms with van der Waals surface area (Å²) in [7, 11) is -3.59. The second kappa shape index (κ2) is 5.41. The number of H-pyrrole nitrogens is 1. The van der Waals surface area contributed by atoms with Crippen LogP contribution in [-0.4, -0.2) is 24.3 Å². The number of alkyl halides is 1. The summed E-state index contributed by atoms with van der Waals surface area (Å²) < 4.78 is 26.2. The lowest BCUT2D eigenvalue weighted by molar-refractivity contribution is 0.598. The van der Waals surface area contributed by atoms with Gasteiger partial charge < -0.3 is 4.98 Å². The Balaban J connectivity index is 2.14. The summed E-state index contributed by atoms with van der Waals surface area (Å²) in [6.45, 7) is 0. The zero-order valence-corrected chi connectivity index (χ0v) is 11.0. The average Bonchev–Trinajstić information content (AvgIpc) is 2.86. The molecular formula is C11H12ClN3O2S. The molecule has 0 spiro atoms. The first kappa shape index (κ1) is 12.9. The predicted octanol–water partition coefficient (Wildman–Crippen LogP) is 1.99. The molecule has 96 valence electrons. The fraction of sp³-hybridized carbons (Fsp3) is 0.182. The Labute approximate surface area is 110 Å². The first-order valence-corrected chi connectivity index (χ1v) is 7.30. The van der Waals surface area contributed by atoms with Crippen LogP contribution in [0, 0.1) is 0 Å². The van der Waals surface area contributed by atoms with Crippen LogP contribution in [0.15, 0.2) is 41.8 Å².